The molecule has 0 spiro atoms. The third-order valence-corrected chi connectivity index (χ3v) is 5.16. The first kappa shape index (κ1) is 16.9. The maximum Gasteiger partial charge on any atom is 0.211 e. The Bertz CT molecular complexity index is 1040. The van der Waals surface area contributed by atoms with Gasteiger partial charge >= 0.3 is 0 Å². The normalized spacial score (nSPS) is 11.6. The zero-order valence-electron chi connectivity index (χ0n) is 14.8. The molecule has 0 radical (unpaired) electrons. The van der Waals surface area contributed by atoms with Gasteiger partial charge in [0.2, 0.25) is 5.16 Å². The van der Waals surface area contributed by atoms with Gasteiger partial charge in [0.05, 0.1) is 11.3 Å². The SMILES string of the molecule is CCCCn1nnnc1CSc1nnc2c3ccccc3n(CC)c2n1. The molecule has 9 heteroatoms. The summed E-state index contributed by atoms with van der Waals surface area (Å²) in [5.74, 6) is 1.46. The molecule has 3 aromatic heterocycles. The van der Waals surface area contributed by atoms with Crippen molar-refractivity contribution in [3.63, 3.8) is 0 Å². The average molecular weight is 368 g/mol. The Morgan fingerprint density at radius 2 is 1.96 bits per heavy atom. The summed E-state index contributed by atoms with van der Waals surface area (Å²) in [5.41, 5.74) is 2.86. The monoisotopic (exact) mass is 368 g/mol. The minimum atomic E-state index is 0.621. The largest absolute Gasteiger partial charge is 0.324 e. The van der Waals surface area contributed by atoms with Crippen LogP contribution in [0.5, 0.6) is 0 Å². The third-order valence-electron chi connectivity index (χ3n) is 4.33. The van der Waals surface area contributed by atoms with Crippen LogP contribution in [0.2, 0.25) is 0 Å². The molecule has 134 valence electrons. The Hall–Kier alpha value is -2.55. The maximum atomic E-state index is 4.75. The summed E-state index contributed by atoms with van der Waals surface area (Å²) in [5, 5.41) is 22.4. The summed E-state index contributed by atoms with van der Waals surface area (Å²) in [6.45, 7) is 5.94. The van der Waals surface area contributed by atoms with E-state index < -0.39 is 0 Å². The van der Waals surface area contributed by atoms with Gasteiger partial charge in [0.25, 0.3) is 0 Å². The number of fused-ring (bicyclic) bond motifs is 3. The predicted octanol–water partition coefficient (Wildman–Crippen LogP) is 3.08. The molecule has 1 aromatic carbocycles. The number of nitrogens with zero attached hydrogens (tertiary/aromatic N) is 8. The molecule has 0 unspecified atom stereocenters. The lowest BCUT2D eigenvalue weighted by molar-refractivity contribution is 0.540. The van der Waals surface area contributed by atoms with E-state index in [-0.39, 0.29) is 0 Å². The third kappa shape index (κ3) is 3.03. The topological polar surface area (TPSA) is 87.2 Å². The molecule has 0 fully saturated rings. The Morgan fingerprint density at radius 1 is 1.08 bits per heavy atom. The molecule has 4 rings (SSSR count). The van der Waals surface area contributed by atoms with Gasteiger partial charge in [0, 0.05) is 18.5 Å². The number of para-hydroxylation sites is 1. The number of rotatable bonds is 7. The number of unbranched alkanes of at least 4 members (excludes halogenated alkanes) is 1. The summed E-state index contributed by atoms with van der Waals surface area (Å²) in [4.78, 5) is 4.75. The number of benzene rings is 1. The number of hydrogen-bond acceptors (Lipinski definition) is 7. The van der Waals surface area contributed by atoms with Gasteiger partial charge in [-0.05, 0) is 29.8 Å². The van der Waals surface area contributed by atoms with Gasteiger partial charge in [-0.2, -0.15) is 0 Å². The second-order valence-electron chi connectivity index (χ2n) is 5.99. The fraction of sp³-hybridized carbons (Fsp3) is 0.412. The first-order valence-electron chi connectivity index (χ1n) is 8.81. The van der Waals surface area contributed by atoms with E-state index in [9.17, 15) is 0 Å². The van der Waals surface area contributed by atoms with Crippen LogP contribution in [-0.2, 0) is 18.8 Å². The fourth-order valence-corrected chi connectivity index (χ4v) is 3.72. The van der Waals surface area contributed by atoms with Gasteiger partial charge in [-0.3, -0.25) is 0 Å². The van der Waals surface area contributed by atoms with Crippen molar-refractivity contribution in [3.8, 4) is 0 Å². The van der Waals surface area contributed by atoms with E-state index in [4.69, 9.17) is 4.98 Å². The van der Waals surface area contributed by atoms with E-state index in [1.54, 1.807) is 0 Å². The van der Waals surface area contributed by atoms with E-state index in [1.807, 2.05) is 16.8 Å². The highest BCUT2D eigenvalue weighted by molar-refractivity contribution is 7.98. The molecule has 3 heterocycles. The van der Waals surface area contributed by atoms with E-state index in [0.29, 0.717) is 10.9 Å². The molecule has 0 bridgehead atoms. The van der Waals surface area contributed by atoms with Gasteiger partial charge in [0.1, 0.15) is 5.52 Å². The second kappa shape index (κ2) is 7.36. The van der Waals surface area contributed by atoms with Crippen molar-refractivity contribution >= 4 is 33.8 Å². The lowest BCUT2D eigenvalue weighted by Crippen LogP contribution is -2.05. The number of aromatic nitrogens is 8. The van der Waals surface area contributed by atoms with E-state index in [1.165, 1.54) is 11.8 Å². The zero-order chi connectivity index (χ0) is 17.9. The second-order valence-corrected chi connectivity index (χ2v) is 6.93. The van der Waals surface area contributed by atoms with Crippen LogP contribution in [-0.4, -0.2) is 40.0 Å². The predicted molar refractivity (Wildman–Crippen MR) is 101 cm³/mol. The molecule has 0 saturated heterocycles. The molecular formula is C17H20N8S. The Balaban J connectivity index is 1.62. The lowest BCUT2D eigenvalue weighted by atomic mass is 10.2. The molecule has 0 amide bonds. The van der Waals surface area contributed by atoms with Gasteiger partial charge < -0.3 is 4.57 Å². The first-order valence-corrected chi connectivity index (χ1v) is 9.79. The standard InChI is InChI=1S/C17H20N8S/c1-3-5-10-25-14(19-22-23-25)11-26-17-18-16-15(20-21-17)12-8-6-7-9-13(12)24(16)4-2/h6-9H,3-5,10-11H2,1-2H3. The quantitative estimate of drug-likeness (QED) is 0.463. The smallest absolute Gasteiger partial charge is 0.211 e. The van der Waals surface area contributed by atoms with Crippen LogP contribution in [0.1, 0.15) is 32.5 Å². The van der Waals surface area contributed by atoms with Crippen molar-refractivity contribution in [1.82, 2.24) is 40.0 Å². The van der Waals surface area contributed by atoms with Crippen LogP contribution in [0.15, 0.2) is 29.4 Å². The molecule has 8 nitrogen and oxygen atoms in total. The van der Waals surface area contributed by atoms with Gasteiger partial charge in [0.15, 0.2) is 11.5 Å². The molecule has 4 aromatic rings. The average Bonchev–Trinajstić information content (AvgIpc) is 3.26. The van der Waals surface area contributed by atoms with Crippen molar-refractivity contribution in [3.05, 3.63) is 30.1 Å². The number of thioether (sulfide) groups is 1. The van der Waals surface area contributed by atoms with Crippen molar-refractivity contribution < 1.29 is 0 Å². The van der Waals surface area contributed by atoms with Crippen LogP contribution >= 0.6 is 11.8 Å². The van der Waals surface area contributed by atoms with Crippen LogP contribution in [0.3, 0.4) is 0 Å². The summed E-state index contributed by atoms with van der Waals surface area (Å²) in [6, 6.07) is 8.21. The van der Waals surface area contributed by atoms with Crippen LogP contribution < -0.4 is 0 Å². The minimum Gasteiger partial charge on any atom is -0.324 e. The summed E-state index contributed by atoms with van der Waals surface area (Å²) < 4.78 is 4.03. The molecular weight excluding hydrogens is 348 g/mol. The summed E-state index contributed by atoms with van der Waals surface area (Å²) in [6.07, 6.45) is 2.17. The van der Waals surface area contributed by atoms with E-state index >= 15 is 0 Å². The van der Waals surface area contributed by atoms with Crippen molar-refractivity contribution in [1.29, 1.82) is 0 Å². The van der Waals surface area contributed by atoms with Gasteiger partial charge in [-0.15, -0.1) is 15.3 Å². The molecule has 0 aliphatic heterocycles. The molecule has 0 atom stereocenters. The minimum absolute atomic E-state index is 0.621. The van der Waals surface area contributed by atoms with Crippen molar-refractivity contribution in [2.24, 2.45) is 0 Å². The molecule has 0 N–H and O–H groups in total. The lowest BCUT2D eigenvalue weighted by Gasteiger charge is -2.04. The molecule has 26 heavy (non-hydrogen) atoms. The van der Waals surface area contributed by atoms with E-state index in [0.717, 1.165) is 53.8 Å². The molecule has 0 saturated carbocycles. The maximum absolute atomic E-state index is 4.75. The Labute approximate surface area is 155 Å². The Kier molecular flexibility index (Phi) is 4.79. The van der Waals surface area contributed by atoms with E-state index in [2.05, 4.69) is 56.3 Å². The summed E-state index contributed by atoms with van der Waals surface area (Å²) in [7, 11) is 0. The van der Waals surface area contributed by atoms with Crippen LogP contribution in [0.4, 0.5) is 0 Å². The summed E-state index contributed by atoms with van der Waals surface area (Å²) >= 11 is 1.51. The first-order chi connectivity index (χ1) is 12.8. The van der Waals surface area contributed by atoms with Crippen LogP contribution in [0, 0.1) is 0 Å². The van der Waals surface area contributed by atoms with Crippen molar-refractivity contribution in [2.45, 2.75) is 50.7 Å². The Morgan fingerprint density at radius 3 is 2.81 bits per heavy atom. The van der Waals surface area contributed by atoms with Gasteiger partial charge in [-0.1, -0.05) is 43.3 Å². The zero-order valence-corrected chi connectivity index (χ0v) is 15.6. The van der Waals surface area contributed by atoms with Crippen LogP contribution in [0.25, 0.3) is 22.1 Å². The number of tetrazole rings is 1. The number of hydrogen-bond donors (Lipinski definition) is 0. The highest BCUT2D eigenvalue weighted by Gasteiger charge is 2.14. The highest BCUT2D eigenvalue weighted by atomic mass is 32.2. The highest BCUT2D eigenvalue weighted by Crippen LogP contribution is 2.27. The number of aryl methyl sites for hydroxylation is 2. The molecule has 0 aliphatic carbocycles. The fourth-order valence-electron chi connectivity index (χ4n) is 3.01. The van der Waals surface area contributed by atoms with Crippen molar-refractivity contribution in [2.75, 3.05) is 0 Å². The van der Waals surface area contributed by atoms with Gasteiger partial charge in [-0.25, -0.2) is 9.67 Å². The molecule has 0 aliphatic rings.